The second-order valence-corrected chi connectivity index (χ2v) is 7.14. The zero-order chi connectivity index (χ0) is 18.0. The summed E-state index contributed by atoms with van der Waals surface area (Å²) in [5, 5.41) is 0. The lowest BCUT2D eigenvalue weighted by atomic mass is 9.88. The lowest BCUT2D eigenvalue weighted by Crippen LogP contribution is -2.40. The first kappa shape index (κ1) is 18.2. The molecular weight excluding hydrogens is 311 g/mol. The highest BCUT2D eigenvalue weighted by Gasteiger charge is 2.34. The highest BCUT2D eigenvalue weighted by atomic mass is 19.1. The smallest absolute Gasteiger partial charge is 0.418 e. The van der Waals surface area contributed by atoms with Gasteiger partial charge in [-0.1, -0.05) is 18.2 Å². The first-order valence-corrected chi connectivity index (χ1v) is 8.07. The lowest BCUT2D eigenvalue weighted by Gasteiger charge is -2.27. The highest BCUT2D eigenvalue weighted by molar-refractivity contribution is 5.90. The summed E-state index contributed by atoms with van der Waals surface area (Å²) in [5.74, 6) is -0.315. The normalized spacial score (nSPS) is 21.3. The maximum absolute atomic E-state index is 14.2. The van der Waals surface area contributed by atoms with E-state index in [1.165, 1.54) is 11.0 Å². The minimum absolute atomic E-state index is 0.146. The molecule has 24 heavy (non-hydrogen) atoms. The third kappa shape index (κ3) is 4.24. The van der Waals surface area contributed by atoms with Crippen LogP contribution in [-0.4, -0.2) is 36.3 Å². The average molecular weight is 336 g/mol. The Balaban J connectivity index is 2.33. The monoisotopic (exact) mass is 336 g/mol. The Labute approximate surface area is 142 Å². The van der Waals surface area contributed by atoms with E-state index in [1.807, 2.05) is 6.92 Å². The lowest BCUT2D eigenvalue weighted by molar-refractivity contribution is 0.0363. The van der Waals surface area contributed by atoms with E-state index in [0.717, 1.165) is 0 Å². The molecule has 0 bridgehead atoms. The van der Waals surface area contributed by atoms with E-state index in [4.69, 9.17) is 9.47 Å². The number of ether oxygens (including phenoxy) is 2. The van der Waals surface area contributed by atoms with Crippen LogP contribution in [0.25, 0.3) is 0 Å². The molecule has 1 amide bonds. The summed E-state index contributed by atoms with van der Waals surface area (Å²) in [6.07, 6.45) is 0.776. The Hall–Kier alpha value is -2.11. The summed E-state index contributed by atoms with van der Waals surface area (Å²) in [6, 6.07) is 6.70. The van der Waals surface area contributed by atoms with Gasteiger partial charge in [0.2, 0.25) is 0 Å². The van der Waals surface area contributed by atoms with E-state index in [-0.39, 0.29) is 11.8 Å². The number of rotatable bonds is 1. The first-order chi connectivity index (χ1) is 11.1. The number of aliphatic imine (C=N–C) groups is 1. The van der Waals surface area contributed by atoms with Gasteiger partial charge >= 0.3 is 6.09 Å². The highest BCUT2D eigenvalue weighted by Crippen LogP contribution is 2.34. The van der Waals surface area contributed by atoms with Crippen molar-refractivity contribution >= 4 is 12.1 Å². The van der Waals surface area contributed by atoms with Gasteiger partial charge in [0.05, 0.1) is 12.1 Å². The van der Waals surface area contributed by atoms with Crippen LogP contribution in [0.5, 0.6) is 0 Å². The predicted molar refractivity (Wildman–Crippen MR) is 90.4 cm³/mol. The quantitative estimate of drug-likeness (QED) is 0.776. The van der Waals surface area contributed by atoms with E-state index in [0.29, 0.717) is 25.0 Å². The van der Waals surface area contributed by atoms with Crippen LogP contribution in [0.3, 0.4) is 0 Å². The number of carbonyl (C=O) groups excluding carboxylic acids is 1. The molecule has 0 radical (unpaired) electrons. The fraction of sp³-hybridized carbons (Fsp3) is 0.556. The Morgan fingerprint density at radius 1 is 1.38 bits per heavy atom. The molecule has 0 aromatic heterocycles. The van der Waals surface area contributed by atoms with Crippen molar-refractivity contribution in [3.05, 3.63) is 35.6 Å². The van der Waals surface area contributed by atoms with E-state index in [1.54, 1.807) is 46.0 Å². The van der Waals surface area contributed by atoms with E-state index < -0.39 is 17.2 Å². The molecule has 0 saturated carbocycles. The molecule has 132 valence electrons. The standard InChI is InChI=1S/C18H25FN2O3/c1-17(2,3)24-16(22)21(5)15-20-18(4,11-8-12-23-15)13-9-6-7-10-14(13)19/h6-7,9-10H,8,11-12H2,1-5H3. The van der Waals surface area contributed by atoms with Gasteiger partial charge in [-0.05, 0) is 46.6 Å². The van der Waals surface area contributed by atoms with Gasteiger partial charge < -0.3 is 9.47 Å². The third-order valence-electron chi connectivity index (χ3n) is 3.79. The van der Waals surface area contributed by atoms with Crippen molar-refractivity contribution in [2.75, 3.05) is 13.7 Å². The largest absolute Gasteiger partial charge is 0.465 e. The SMILES string of the molecule is CN(C(=O)OC(C)(C)C)C1=NC(C)(c2ccccc2F)CCCO1. The minimum Gasteiger partial charge on any atom is -0.465 e. The molecule has 0 aliphatic carbocycles. The molecule has 0 spiro atoms. The Morgan fingerprint density at radius 2 is 2.04 bits per heavy atom. The van der Waals surface area contributed by atoms with Gasteiger partial charge in [-0.2, -0.15) is 0 Å². The van der Waals surface area contributed by atoms with Gasteiger partial charge in [0.15, 0.2) is 0 Å². The molecule has 1 aliphatic rings. The van der Waals surface area contributed by atoms with Crippen LogP contribution < -0.4 is 0 Å². The Bertz CT molecular complexity index is 639. The molecule has 5 nitrogen and oxygen atoms in total. The second-order valence-electron chi connectivity index (χ2n) is 7.14. The topological polar surface area (TPSA) is 51.1 Å². The number of nitrogens with zero attached hydrogens (tertiary/aromatic N) is 2. The predicted octanol–water partition coefficient (Wildman–Crippen LogP) is 4.07. The molecule has 1 heterocycles. The van der Waals surface area contributed by atoms with E-state index in [9.17, 15) is 9.18 Å². The summed E-state index contributed by atoms with van der Waals surface area (Å²) < 4.78 is 25.2. The van der Waals surface area contributed by atoms with Crippen LogP contribution in [0.4, 0.5) is 9.18 Å². The molecule has 0 saturated heterocycles. The molecule has 1 aliphatic heterocycles. The van der Waals surface area contributed by atoms with Crippen molar-refractivity contribution in [2.45, 2.75) is 51.7 Å². The van der Waals surface area contributed by atoms with Crippen molar-refractivity contribution in [1.82, 2.24) is 4.90 Å². The summed E-state index contributed by atoms with van der Waals surface area (Å²) in [5.41, 5.74) is -0.926. The Morgan fingerprint density at radius 3 is 2.67 bits per heavy atom. The molecule has 1 aromatic carbocycles. The number of amidine groups is 1. The van der Waals surface area contributed by atoms with Crippen molar-refractivity contribution in [2.24, 2.45) is 4.99 Å². The molecule has 0 N–H and O–H groups in total. The maximum Gasteiger partial charge on any atom is 0.418 e. The fourth-order valence-electron chi connectivity index (χ4n) is 2.55. The van der Waals surface area contributed by atoms with Crippen molar-refractivity contribution in [1.29, 1.82) is 0 Å². The summed E-state index contributed by atoms with van der Waals surface area (Å²) in [7, 11) is 1.54. The molecule has 1 atom stereocenters. The van der Waals surface area contributed by atoms with Gasteiger partial charge in [-0.3, -0.25) is 0 Å². The number of hydrogen-bond acceptors (Lipinski definition) is 4. The van der Waals surface area contributed by atoms with Gasteiger partial charge in [-0.25, -0.2) is 19.1 Å². The molecule has 1 unspecified atom stereocenters. The molecular formula is C18H25FN2O3. The molecule has 1 aromatic rings. The van der Waals surface area contributed by atoms with E-state index >= 15 is 0 Å². The van der Waals surface area contributed by atoms with Gasteiger partial charge in [0.1, 0.15) is 11.4 Å². The van der Waals surface area contributed by atoms with E-state index in [2.05, 4.69) is 4.99 Å². The maximum atomic E-state index is 14.2. The average Bonchev–Trinajstić information content (AvgIpc) is 2.68. The number of carbonyl (C=O) groups is 1. The summed E-state index contributed by atoms with van der Waals surface area (Å²) in [6.45, 7) is 7.63. The number of halogens is 1. The van der Waals surface area contributed by atoms with Gasteiger partial charge in [0, 0.05) is 12.6 Å². The van der Waals surface area contributed by atoms with Gasteiger partial charge in [0.25, 0.3) is 6.02 Å². The number of amides is 1. The molecule has 6 heteroatoms. The van der Waals surface area contributed by atoms with Crippen LogP contribution in [0.2, 0.25) is 0 Å². The minimum atomic E-state index is -0.798. The van der Waals surface area contributed by atoms with Crippen LogP contribution in [0.15, 0.2) is 29.3 Å². The Kier molecular flexibility index (Phi) is 5.16. The zero-order valence-corrected chi connectivity index (χ0v) is 14.9. The second kappa shape index (κ2) is 6.79. The number of hydrogen-bond donors (Lipinski definition) is 0. The van der Waals surface area contributed by atoms with Gasteiger partial charge in [-0.15, -0.1) is 0 Å². The van der Waals surface area contributed by atoms with Crippen molar-refractivity contribution in [3.63, 3.8) is 0 Å². The molecule has 2 rings (SSSR count). The fourth-order valence-corrected chi connectivity index (χ4v) is 2.55. The van der Waals surface area contributed by atoms with Crippen molar-refractivity contribution in [3.8, 4) is 0 Å². The first-order valence-electron chi connectivity index (χ1n) is 8.07. The van der Waals surface area contributed by atoms with Crippen LogP contribution >= 0.6 is 0 Å². The van der Waals surface area contributed by atoms with Crippen LogP contribution in [-0.2, 0) is 15.0 Å². The zero-order valence-electron chi connectivity index (χ0n) is 14.9. The summed E-state index contributed by atoms with van der Waals surface area (Å²) in [4.78, 5) is 18.1. The number of benzene rings is 1. The molecule has 0 fully saturated rings. The van der Waals surface area contributed by atoms with Crippen LogP contribution in [0, 0.1) is 5.82 Å². The van der Waals surface area contributed by atoms with Crippen molar-refractivity contribution < 1.29 is 18.7 Å². The third-order valence-corrected chi connectivity index (χ3v) is 3.79. The van der Waals surface area contributed by atoms with Crippen LogP contribution in [0.1, 0.15) is 46.1 Å². The summed E-state index contributed by atoms with van der Waals surface area (Å²) >= 11 is 0.